The predicted octanol–water partition coefficient (Wildman–Crippen LogP) is 3.86. The van der Waals surface area contributed by atoms with Gasteiger partial charge in [-0.25, -0.2) is 0 Å². The van der Waals surface area contributed by atoms with Crippen molar-refractivity contribution in [1.82, 2.24) is 5.32 Å². The number of unbranched alkanes of at least 4 members (excludes halogenated alkanes) is 1. The molecule has 73 valence electrons. The van der Waals surface area contributed by atoms with Gasteiger partial charge < -0.3 is 0 Å². The predicted molar refractivity (Wildman–Crippen MR) is 60.4 cm³/mol. The lowest BCUT2D eigenvalue weighted by molar-refractivity contribution is 0.761. The smallest absolute Gasteiger partial charge is 0.0708 e. The molecule has 2 rings (SSSR count). The van der Waals surface area contributed by atoms with Crippen molar-refractivity contribution in [3.05, 3.63) is 35.5 Å². The SMILES string of the molecule is CCCCC1=C(C)c2ccccc2[N]1. The highest BCUT2D eigenvalue weighted by atomic mass is 14.9. The van der Waals surface area contributed by atoms with Gasteiger partial charge in [0.25, 0.3) is 0 Å². The van der Waals surface area contributed by atoms with Crippen molar-refractivity contribution in [2.45, 2.75) is 33.1 Å². The first-order chi connectivity index (χ1) is 6.83. The van der Waals surface area contributed by atoms with Gasteiger partial charge in [-0.2, -0.15) is 0 Å². The molecule has 0 fully saturated rings. The van der Waals surface area contributed by atoms with Gasteiger partial charge in [-0.05, 0) is 31.4 Å². The van der Waals surface area contributed by atoms with Crippen molar-refractivity contribution in [3.63, 3.8) is 0 Å². The summed E-state index contributed by atoms with van der Waals surface area (Å²) in [5, 5.41) is 4.65. The van der Waals surface area contributed by atoms with E-state index in [9.17, 15) is 0 Å². The molecule has 1 radical (unpaired) electrons. The van der Waals surface area contributed by atoms with Crippen molar-refractivity contribution in [1.29, 1.82) is 0 Å². The zero-order valence-electron chi connectivity index (χ0n) is 8.88. The Morgan fingerprint density at radius 2 is 2.00 bits per heavy atom. The van der Waals surface area contributed by atoms with Crippen molar-refractivity contribution < 1.29 is 0 Å². The molecule has 1 heteroatoms. The van der Waals surface area contributed by atoms with Crippen LogP contribution in [0.5, 0.6) is 0 Å². The monoisotopic (exact) mass is 186 g/mol. The number of fused-ring (bicyclic) bond motifs is 1. The maximum absolute atomic E-state index is 4.65. The van der Waals surface area contributed by atoms with E-state index in [1.165, 1.54) is 29.7 Å². The number of nitrogens with zero attached hydrogens (tertiary/aromatic N) is 1. The summed E-state index contributed by atoms with van der Waals surface area (Å²) in [7, 11) is 0. The average Bonchev–Trinajstić information content (AvgIpc) is 2.54. The maximum Gasteiger partial charge on any atom is 0.0708 e. The van der Waals surface area contributed by atoms with Crippen molar-refractivity contribution in [2.75, 3.05) is 0 Å². The molecule has 0 aliphatic carbocycles. The molecule has 1 aromatic rings. The lowest BCUT2D eigenvalue weighted by Gasteiger charge is -2.00. The average molecular weight is 186 g/mol. The van der Waals surface area contributed by atoms with Gasteiger partial charge in [0.1, 0.15) is 0 Å². The molecule has 1 aliphatic heterocycles. The molecule has 1 aliphatic rings. The molecule has 0 atom stereocenters. The van der Waals surface area contributed by atoms with E-state index in [1.54, 1.807) is 0 Å². The van der Waals surface area contributed by atoms with Crippen LogP contribution in [0.25, 0.3) is 5.57 Å². The summed E-state index contributed by atoms with van der Waals surface area (Å²) in [5.74, 6) is 0. The Hall–Kier alpha value is -1.24. The summed E-state index contributed by atoms with van der Waals surface area (Å²) in [6, 6.07) is 8.39. The van der Waals surface area contributed by atoms with Crippen LogP contribution in [0.1, 0.15) is 38.7 Å². The number of rotatable bonds is 3. The molecule has 1 nitrogen and oxygen atoms in total. The summed E-state index contributed by atoms with van der Waals surface area (Å²) < 4.78 is 0. The van der Waals surface area contributed by atoms with E-state index in [1.807, 2.05) is 0 Å². The minimum Gasteiger partial charge on any atom is -0.253 e. The summed E-state index contributed by atoms with van der Waals surface area (Å²) >= 11 is 0. The van der Waals surface area contributed by atoms with Crippen LogP contribution >= 0.6 is 0 Å². The quantitative estimate of drug-likeness (QED) is 0.680. The molecule has 0 saturated carbocycles. The third-order valence-electron chi connectivity index (χ3n) is 2.76. The molecule has 0 aromatic heterocycles. The van der Waals surface area contributed by atoms with Crippen LogP contribution in [0.2, 0.25) is 0 Å². The second-order valence-corrected chi connectivity index (χ2v) is 3.80. The first-order valence-corrected chi connectivity index (χ1v) is 5.34. The molecule has 0 saturated heterocycles. The third kappa shape index (κ3) is 1.54. The fourth-order valence-corrected chi connectivity index (χ4v) is 1.86. The molecular weight excluding hydrogens is 170 g/mol. The fraction of sp³-hybridized carbons (Fsp3) is 0.385. The molecule has 1 heterocycles. The zero-order valence-corrected chi connectivity index (χ0v) is 8.88. The third-order valence-corrected chi connectivity index (χ3v) is 2.76. The van der Waals surface area contributed by atoms with Gasteiger partial charge in [0, 0.05) is 11.3 Å². The summed E-state index contributed by atoms with van der Waals surface area (Å²) in [6.45, 7) is 4.40. The van der Waals surface area contributed by atoms with E-state index in [4.69, 9.17) is 0 Å². The van der Waals surface area contributed by atoms with Crippen LogP contribution in [-0.2, 0) is 0 Å². The van der Waals surface area contributed by atoms with Gasteiger partial charge in [-0.3, -0.25) is 5.32 Å². The van der Waals surface area contributed by atoms with Gasteiger partial charge in [0.2, 0.25) is 0 Å². The van der Waals surface area contributed by atoms with Crippen LogP contribution in [0, 0.1) is 0 Å². The first kappa shape index (κ1) is 9.32. The Labute approximate surface area is 85.8 Å². The number of hydrogen-bond donors (Lipinski definition) is 0. The van der Waals surface area contributed by atoms with Gasteiger partial charge in [0.15, 0.2) is 0 Å². The molecule has 0 bridgehead atoms. The number of hydrogen-bond acceptors (Lipinski definition) is 0. The molecule has 0 N–H and O–H groups in total. The summed E-state index contributed by atoms with van der Waals surface area (Å²) in [6.07, 6.45) is 3.60. The van der Waals surface area contributed by atoms with Crippen molar-refractivity contribution in [2.24, 2.45) is 0 Å². The minimum absolute atomic E-state index is 1.12. The standard InChI is InChI=1S/C13H16N/c1-3-4-8-12-10(2)11-7-5-6-9-13(11)14-12/h5-7,9H,3-4,8H2,1-2H3. The van der Waals surface area contributed by atoms with E-state index < -0.39 is 0 Å². The van der Waals surface area contributed by atoms with E-state index in [-0.39, 0.29) is 0 Å². The Bertz CT molecular complexity index is 363. The largest absolute Gasteiger partial charge is 0.253 e. The molecule has 1 aromatic carbocycles. The highest BCUT2D eigenvalue weighted by Gasteiger charge is 2.17. The van der Waals surface area contributed by atoms with E-state index in [2.05, 4.69) is 43.4 Å². The fourth-order valence-electron chi connectivity index (χ4n) is 1.86. The number of benzene rings is 1. The molecular formula is C13H16N. The van der Waals surface area contributed by atoms with Gasteiger partial charge in [-0.15, -0.1) is 0 Å². The van der Waals surface area contributed by atoms with Gasteiger partial charge in [-0.1, -0.05) is 31.5 Å². The second-order valence-electron chi connectivity index (χ2n) is 3.80. The maximum atomic E-state index is 4.65. The van der Waals surface area contributed by atoms with Crippen molar-refractivity contribution in [3.8, 4) is 0 Å². The van der Waals surface area contributed by atoms with E-state index in [0.717, 1.165) is 12.1 Å². The number of allylic oxidation sites excluding steroid dienone is 2. The van der Waals surface area contributed by atoms with Crippen molar-refractivity contribution >= 4 is 11.3 Å². The van der Waals surface area contributed by atoms with Gasteiger partial charge in [0.05, 0.1) is 5.69 Å². The van der Waals surface area contributed by atoms with Crippen LogP contribution in [0.3, 0.4) is 0 Å². The lowest BCUT2D eigenvalue weighted by atomic mass is 10.1. The highest BCUT2D eigenvalue weighted by Crippen LogP contribution is 2.35. The normalized spacial score (nSPS) is 14.1. The Kier molecular flexibility index (Phi) is 2.58. The Morgan fingerprint density at radius 3 is 2.71 bits per heavy atom. The van der Waals surface area contributed by atoms with E-state index in [0.29, 0.717) is 0 Å². The summed E-state index contributed by atoms with van der Waals surface area (Å²) in [5.41, 5.74) is 5.12. The molecule has 14 heavy (non-hydrogen) atoms. The Balaban J connectivity index is 2.21. The highest BCUT2D eigenvalue weighted by molar-refractivity contribution is 5.80. The van der Waals surface area contributed by atoms with Crippen LogP contribution in [0.4, 0.5) is 5.69 Å². The lowest BCUT2D eigenvalue weighted by Crippen LogP contribution is -1.93. The Morgan fingerprint density at radius 1 is 1.21 bits per heavy atom. The topological polar surface area (TPSA) is 14.1 Å². The zero-order chi connectivity index (χ0) is 9.97. The second kappa shape index (κ2) is 3.87. The first-order valence-electron chi connectivity index (χ1n) is 5.34. The summed E-state index contributed by atoms with van der Waals surface area (Å²) in [4.78, 5) is 0. The van der Waals surface area contributed by atoms with E-state index >= 15 is 0 Å². The molecule has 0 spiro atoms. The number of para-hydroxylation sites is 1. The van der Waals surface area contributed by atoms with Gasteiger partial charge >= 0.3 is 0 Å². The van der Waals surface area contributed by atoms with Crippen LogP contribution in [0.15, 0.2) is 30.0 Å². The molecule has 0 unspecified atom stereocenters. The minimum atomic E-state index is 1.12. The molecule has 0 amide bonds. The van der Waals surface area contributed by atoms with Crippen LogP contribution in [-0.4, -0.2) is 0 Å². The van der Waals surface area contributed by atoms with Crippen LogP contribution < -0.4 is 5.32 Å².